The zero-order chi connectivity index (χ0) is 38.3. The van der Waals surface area contributed by atoms with E-state index in [2.05, 4.69) is 200 Å². The number of hydrogen-bond acceptors (Lipinski definition) is 0. The van der Waals surface area contributed by atoms with Crippen molar-refractivity contribution in [1.82, 2.24) is 0 Å². The number of hydrogen-bond donors (Lipinski definition) is 0. The van der Waals surface area contributed by atoms with E-state index in [4.69, 9.17) is 0 Å². The van der Waals surface area contributed by atoms with Crippen LogP contribution in [0, 0.1) is 0 Å². The normalized spacial score (nSPS) is 15.0. The fourth-order valence-electron chi connectivity index (χ4n) is 10.4. The van der Waals surface area contributed by atoms with E-state index in [1.165, 1.54) is 116 Å². The maximum Gasteiger partial charge on any atom is 0.0159 e. The van der Waals surface area contributed by atoms with Crippen molar-refractivity contribution in [3.63, 3.8) is 0 Å². The molecule has 0 nitrogen and oxygen atoms in total. The van der Waals surface area contributed by atoms with Crippen LogP contribution in [0.25, 0.3) is 88.7 Å². The van der Waals surface area contributed by atoms with Crippen molar-refractivity contribution in [1.29, 1.82) is 0 Å². The molecule has 0 aliphatic heterocycles. The van der Waals surface area contributed by atoms with Crippen molar-refractivity contribution in [3.05, 3.63) is 179 Å². The first-order valence-electron chi connectivity index (χ1n) is 20.3. The van der Waals surface area contributed by atoms with Crippen LogP contribution >= 0.6 is 0 Å². The lowest BCUT2D eigenvalue weighted by Gasteiger charge is -2.23. The zero-order valence-corrected chi connectivity index (χ0v) is 33.4. The van der Waals surface area contributed by atoms with Gasteiger partial charge in [-0.25, -0.2) is 0 Å². The minimum Gasteiger partial charge on any atom is -0.0619 e. The molecule has 56 heavy (non-hydrogen) atoms. The first-order valence-corrected chi connectivity index (χ1v) is 20.3. The van der Waals surface area contributed by atoms with Crippen LogP contribution in [0.1, 0.15) is 76.3 Å². The lowest BCUT2D eigenvalue weighted by atomic mass is 9.80. The Labute approximate surface area is 331 Å². The molecule has 0 saturated heterocycles. The topological polar surface area (TPSA) is 0 Å². The molecule has 3 aliphatic carbocycles. The molecule has 0 atom stereocenters. The Morgan fingerprint density at radius 2 is 0.768 bits per heavy atom. The van der Waals surface area contributed by atoms with Crippen LogP contribution in [-0.2, 0) is 16.2 Å². The monoisotopic (exact) mass is 718 g/mol. The summed E-state index contributed by atoms with van der Waals surface area (Å²) in [7, 11) is 0. The molecule has 0 radical (unpaired) electrons. The Kier molecular flexibility index (Phi) is 6.73. The number of fused-ring (bicyclic) bond motifs is 9. The van der Waals surface area contributed by atoms with Crippen LogP contribution in [0.3, 0.4) is 0 Å². The number of rotatable bonds is 3. The van der Waals surface area contributed by atoms with Gasteiger partial charge in [0.15, 0.2) is 0 Å². The van der Waals surface area contributed by atoms with E-state index in [9.17, 15) is 0 Å². The quantitative estimate of drug-likeness (QED) is 0.171. The smallest absolute Gasteiger partial charge is 0.0159 e. The molecule has 8 aromatic rings. The van der Waals surface area contributed by atoms with Crippen molar-refractivity contribution >= 4 is 10.8 Å². The second-order valence-corrected chi connectivity index (χ2v) is 18.6. The Morgan fingerprint density at radius 1 is 0.321 bits per heavy atom. The van der Waals surface area contributed by atoms with Gasteiger partial charge in [-0.15, -0.1) is 0 Å². The molecule has 0 unspecified atom stereocenters. The van der Waals surface area contributed by atoms with E-state index in [1.807, 2.05) is 0 Å². The maximum absolute atomic E-state index is 2.46. The molecular weight excluding hydrogens is 673 g/mol. The summed E-state index contributed by atoms with van der Waals surface area (Å²) in [5.41, 5.74) is 25.5. The molecule has 270 valence electrons. The highest BCUT2D eigenvalue weighted by atomic mass is 14.4. The summed E-state index contributed by atoms with van der Waals surface area (Å²) in [6.07, 6.45) is 0. The van der Waals surface area contributed by atoms with Crippen LogP contribution in [0.15, 0.2) is 152 Å². The van der Waals surface area contributed by atoms with Gasteiger partial charge in [-0.2, -0.15) is 0 Å². The summed E-state index contributed by atoms with van der Waals surface area (Å²) in [6.45, 7) is 16.4. The average molecular weight is 719 g/mol. The highest BCUT2D eigenvalue weighted by Gasteiger charge is 2.37. The second kappa shape index (κ2) is 11.3. The molecule has 0 fully saturated rings. The molecule has 0 saturated carbocycles. The van der Waals surface area contributed by atoms with Gasteiger partial charge >= 0.3 is 0 Å². The number of benzene rings is 8. The third-order valence-corrected chi connectivity index (χ3v) is 13.6. The Balaban J connectivity index is 0.912. The lowest BCUT2D eigenvalue weighted by Crippen LogP contribution is -2.15. The molecule has 0 aromatic heterocycles. The zero-order valence-electron chi connectivity index (χ0n) is 33.4. The van der Waals surface area contributed by atoms with Gasteiger partial charge in [0.2, 0.25) is 0 Å². The largest absolute Gasteiger partial charge is 0.0619 e. The molecular formula is C56H46. The maximum atomic E-state index is 2.46. The third-order valence-electron chi connectivity index (χ3n) is 13.6. The van der Waals surface area contributed by atoms with Crippen molar-refractivity contribution in [2.45, 2.75) is 64.7 Å². The van der Waals surface area contributed by atoms with Crippen molar-refractivity contribution in [3.8, 4) is 77.9 Å². The molecule has 0 amide bonds. The summed E-state index contributed by atoms with van der Waals surface area (Å²) in [5.74, 6) is 0. The standard InChI is InChI=1S/C56H46/c1-54(2,3)38-22-26-40-47-28-27-39(45-12-10-13-46(53(45)47)48(40)32-38)34-17-15-33(16-18-34)35-19-23-43-44-25-21-37(31-52(44)56(6,7)51(43)29-35)36-20-24-42-41-11-8-9-14-49(41)55(4,5)50(42)30-36/h8-32H,1-7H3. The molecule has 3 aliphatic rings. The summed E-state index contributed by atoms with van der Waals surface area (Å²) < 4.78 is 0. The SMILES string of the molecule is CC(C)(C)c1ccc2c(c1)-c1cccc3c(-c4ccc(-c5ccc6c(c5)C(C)(C)c5cc(-c7ccc8c(c7)C(C)(C)c7ccccc7-8)ccc5-6)cc4)ccc-2c13. The van der Waals surface area contributed by atoms with E-state index in [0.717, 1.165) is 0 Å². The van der Waals surface area contributed by atoms with Gasteiger partial charge in [-0.05, 0) is 146 Å². The first kappa shape index (κ1) is 33.4. The second-order valence-electron chi connectivity index (χ2n) is 18.6. The van der Waals surface area contributed by atoms with Crippen LogP contribution in [0.5, 0.6) is 0 Å². The summed E-state index contributed by atoms with van der Waals surface area (Å²) >= 11 is 0. The fourth-order valence-corrected chi connectivity index (χ4v) is 10.4. The molecule has 11 rings (SSSR count). The van der Waals surface area contributed by atoms with E-state index in [1.54, 1.807) is 0 Å². The molecule has 8 aromatic carbocycles. The van der Waals surface area contributed by atoms with Gasteiger partial charge in [-0.3, -0.25) is 0 Å². The van der Waals surface area contributed by atoms with Gasteiger partial charge < -0.3 is 0 Å². The van der Waals surface area contributed by atoms with Crippen LogP contribution in [0.2, 0.25) is 0 Å². The molecule has 0 bridgehead atoms. The summed E-state index contributed by atoms with van der Waals surface area (Å²) in [6, 6.07) is 58.1. The Morgan fingerprint density at radius 3 is 1.39 bits per heavy atom. The molecule has 0 N–H and O–H groups in total. The minimum atomic E-state index is -0.112. The minimum absolute atomic E-state index is 0.0123. The van der Waals surface area contributed by atoms with E-state index in [0.29, 0.717) is 0 Å². The Bertz CT molecular complexity index is 2980. The first-order chi connectivity index (χ1) is 26.9. The molecule has 0 heteroatoms. The van der Waals surface area contributed by atoms with Crippen LogP contribution in [-0.4, -0.2) is 0 Å². The van der Waals surface area contributed by atoms with Crippen molar-refractivity contribution in [2.75, 3.05) is 0 Å². The highest BCUT2D eigenvalue weighted by Crippen LogP contribution is 2.54. The average Bonchev–Trinajstić information content (AvgIpc) is 3.74. The van der Waals surface area contributed by atoms with Crippen molar-refractivity contribution in [2.24, 2.45) is 0 Å². The molecule has 0 spiro atoms. The fraction of sp³-hybridized carbons (Fsp3) is 0.179. The predicted molar refractivity (Wildman–Crippen MR) is 239 cm³/mol. The van der Waals surface area contributed by atoms with E-state index in [-0.39, 0.29) is 16.2 Å². The highest BCUT2D eigenvalue weighted by molar-refractivity contribution is 6.18. The Hall–Kier alpha value is -5.98. The van der Waals surface area contributed by atoms with Crippen LogP contribution < -0.4 is 0 Å². The molecule has 0 heterocycles. The van der Waals surface area contributed by atoms with Gasteiger partial charge in [0, 0.05) is 10.8 Å². The van der Waals surface area contributed by atoms with Crippen molar-refractivity contribution < 1.29 is 0 Å². The van der Waals surface area contributed by atoms with Gasteiger partial charge in [0.1, 0.15) is 0 Å². The third kappa shape index (κ3) is 4.59. The summed E-state index contributed by atoms with van der Waals surface area (Å²) in [5, 5.41) is 2.70. The summed E-state index contributed by atoms with van der Waals surface area (Å²) in [4.78, 5) is 0. The van der Waals surface area contributed by atoms with Gasteiger partial charge in [0.25, 0.3) is 0 Å². The lowest BCUT2D eigenvalue weighted by molar-refractivity contribution is 0.590. The van der Waals surface area contributed by atoms with E-state index < -0.39 is 0 Å². The predicted octanol–water partition coefficient (Wildman–Crippen LogP) is 15.4. The van der Waals surface area contributed by atoms with Crippen LogP contribution in [0.4, 0.5) is 0 Å². The van der Waals surface area contributed by atoms with Gasteiger partial charge in [0.05, 0.1) is 0 Å². The van der Waals surface area contributed by atoms with Gasteiger partial charge in [-0.1, -0.05) is 176 Å². The van der Waals surface area contributed by atoms with E-state index >= 15 is 0 Å².